The molecule has 1 nitrogen and oxygen atoms in total. The molecular formula is C18H18BrClO. The van der Waals surface area contributed by atoms with E-state index in [0.29, 0.717) is 11.8 Å². The van der Waals surface area contributed by atoms with Crippen LogP contribution < -0.4 is 4.74 Å². The van der Waals surface area contributed by atoms with Crippen LogP contribution in [0, 0.1) is 5.92 Å². The standard InChI is InChI=1S/C18H18BrClO/c19-17-10-15-6-7-21-18(15)16(11-17)9-14(12-20)8-13-4-2-1-3-5-13/h1-5,10-11,14H,6-9,12H2. The molecule has 2 aromatic rings. The Bertz CT molecular complexity index is 612. The van der Waals surface area contributed by atoms with Crippen LogP contribution in [0.4, 0.5) is 0 Å². The molecular weight excluding hydrogens is 348 g/mol. The summed E-state index contributed by atoms with van der Waals surface area (Å²) in [5.74, 6) is 2.17. The third-order valence-electron chi connectivity index (χ3n) is 3.92. The van der Waals surface area contributed by atoms with Gasteiger partial charge in [-0.05, 0) is 47.6 Å². The van der Waals surface area contributed by atoms with Crippen molar-refractivity contribution in [3.05, 3.63) is 63.6 Å². The van der Waals surface area contributed by atoms with Gasteiger partial charge in [-0.2, -0.15) is 0 Å². The summed E-state index contributed by atoms with van der Waals surface area (Å²) in [6.07, 6.45) is 2.97. The molecule has 0 radical (unpaired) electrons. The van der Waals surface area contributed by atoms with Crippen LogP contribution >= 0.6 is 27.5 Å². The highest BCUT2D eigenvalue weighted by Crippen LogP contribution is 2.35. The molecule has 0 saturated carbocycles. The Balaban J connectivity index is 1.78. The Hall–Kier alpha value is -0.990. The van der Waals surface area contributed by atoms with Crippen LogP contribution in [0.25, 0.3) is 0 Å². The van der Waals surface area contributed by atoms with E-state index < -0.39 is 0 Å². The molecule has 1 atom stereocenters. The summed E-state index contributed by atoms with van der Waals surface area (Å²) in [6.45, 7) is 0.795. The second-order valence-corrected chi connectivity index (χ2v) is 6.79. The van der Waals surface area contributed by atoms with Crippen molar-refractivity contribution in [1.82, 2.24) is 0 Å². The van der Waals surface area contributed by atoms with E-state index >= 15 is 0 Å². The first-order valence-corrected chi connectivity index (χ1v) is 8.63. The van der Waals surface area contributed by atoms with Gasteiger partial charge in [0.15, 0.2) is 0 Å². The number of benzene rings is 2. The number of fused-ring (bicyclic) bond motifs is 1. The summed E-state index contributed by atoms with van der Waals surface area (Å²) in [5.41, 5.74) is 3.93. The van der Waals surface area contributed by atoms with Crippen LogP contribution in [0.3, 0.4) is 0 Å². The predicted molar refractivity (Wildman–Crippen MR) is 91.4 cm³/mol. The fourth-order valence-electron chi connectivity index (χ4n) is 2.94. The van der Waals surface area contributed by atoms with Crippen molar-refractivity contribution >= 4 is 27.5 Å². The molecule has 0 N–H and O–H groups in total. The summed E-state index contributed by atoms with van der Waals surface area (Å²) < 4.78 is 6.95. The number of alkyl halides is 1. The van der Waals surface area contributed by atoms with Gasteiger partial charge in [0.2, 0.25) is 0 Å². The van der Waals surface area contributed by atoms with Crippen molar-refractivity contribution in [2.75, 3.05) is 12.5 Å². The SMILES string of the molecule is ClCC(Cc1ccccc1)Cc1cc(Br)cc2c1OCC2. The van der Waals surface area contributed by atoms with Gasteiger partial charge in [0.1, 0.15) is 5.75 Å². The molecule has 3 rings (SSSR count). The smallest absolute Gasteiger partial charge is 0.125 e. The molecule has 0 aromatic heterocycles. The third-order valence-corrected chi connectivity index (χ3v) is 4.81. The summed E-state index contributed by atoms with van der Waals surface area (Å²) in [6, 6.07) is 14.9. The lowest BCUT2D eigenvalue weighted by Crippen LogP contribution is -2.11. The van der Waals surface area contributed by atoms with Gasteiger partial charge in [0.25, 0.3) is 0 Å². The summed E-state index contributed by atoms with van der Waals surface area (Å²) in [4.78, 5) is 0. The van der Waals surface area contributed by atoms with Gasteiger partial charge in [0, 0.05) is 16.8 Å². The Morgan fingerprint density at radius 1 is 1.14 bits per heavy atom. The minimum Gasteiger partial charge on any atom is -0.493 e. The van der Waals surface area contributed by atoms with Crippen molar-refractivity contribution in [2.45, 2.75) is 19.3 Å². The van der Waals surface area contributed by atoms with Crippen molar-refractivity contribution in [3.63, 3.8) is 0 Å². The molecule has 0 amide bonds. The van der Waals surface area contributed by atoms with Crippen LogP contribution in [0.1, 0.15) is 16.7 Å². The van der Waals surface area contributed by atoms with Gasteiger partial charge < -0.3 is 4.74 Å². The van der Waals surface area contributed by atoms with Gasteiger partial charge in [-0.15, -0.1) is 11.6 Å². The topological polar surface area (TPSA) is 9.23 Å². The number of ether oxygens (including phenoxy) is 1. The Labute approximate surface area is 139 Å². The maximum atomic E-state index is 6.21. The highest BCUT2D eigenvalue weighted by Gasteiger charge is 2.20. The Morgan fingerprint density at radius 2 is 1.95 bits per heavy atom. The first-order valence-electron chi connectivity index (χ1n) is 7.30. The second-order valence-electron chi connectivity index (χ2n) is 5.57. The maximum absolute atomic E-state index is 6.21. The average molecular weight is 366 g/mol. The molecule has 1 heterocycles. The molecule has 0 saturated heterocycles. The van der Waals surface area contributed by atoms with Crippen molar-refractivity contribution < 1.29 is 4.74 Å². The largest absolute Gasteiger partial charge is 0.493 e. The first kappa shape index (κ1) is 14.9. The maximum Gasteiger partial charge on any atom is 0.125 e. The fourth-order valence-corrected chi connectivity index (χ4v) is 3.71. The summed E-state index contributed by atoms with van der Waals surface area (Å²) in [7, 11) is 0. The monoisotopic (exact) mass is 364 g/mol. The van der Waals surface area contributed by atoms with E-state index in [1.54, 1.807) is 0 Å². The zero-order chi connectivity index (χ0) is 14.7. The molecule has 3 heteroatoms. The first-order chi connectivity index (χ1) is 10.3. The number of hydrogen-bond acceptors (Lipinski definition) is 1. The van der Waals surface area contributed by atoms with Crippen LogP contribution in [0.2, 0.25) is 0 Å². The quantitative estimate of drug-likeness (QED) is 0.676. The van der Waals surface area contributed by atoms with Gasteiger partial charge in [0.05, 0.1) is 6.61 Å². The highest BCUT2D eigenvalue weighted by molar-refractivity contribution is 9.10. The lowest BCUT2D eigenvalue weighted by atomic mass is 9.93. The molecule has 110 valence electrons. The van der Waals surface area contributed by atoms with E-state index in [9.17, 15) is 0 Å². The van der Waals surface area contributed by atoms with Crippen molar-refractivity contribution in [3.8, 4) is 5.75 Å². The third kappa shape index (κ3) is 3.61. The van der Waals surface area contributed by atoms with E-state index in [2.05, 4.69) is 52.3 Å². The molecule has 0 fully saturated rings. The molecule has 1 unspecified atom stereocenters. The van der Waals surface area contributed by atoms with E-state index in [0.717, 1.165) is 36.1 Å². The van der Waals surface area contributed by atoms with Crippen LogP contribution in [0.15, 0.2) is 46.9 Å². The number of hydrogen-bond donors (Lipinski definition) is 0. The molecule has 0 aliphatic carbocycles. The van der Waals surface area contributed by atoms with Gasteiger partial charge in [-0.1, -0.05) is 46.3 Å². The Morgan fingerprint density at radius 3 is 2.71 bits per heavy atom. The van der Waals surface area contributed by atoms with Crippen LogP contribution in [0.5, 0.6) is 5.75 Å². The molecule has 0 spiro atoms. The van der Waals surface area contributed by atoms with Gasteiger partial charge in [-0.25, -0.2) is 0 Å². The lowest BCUT2D eigenvalue weighted by molar-refractivity contribution is 0.351. The molecule has 1 aliphatic heterocycles. The fraction of sp³-hybridized carbons (Fsp3) is 0.333. The predicted octanol–water partition coefficient (Wildman–Crippen LogP) is 5.02. The second kappa shape index (κ2) is 6.85. The van der Waals surface area contributed by atoms with Gasteiger partial charge in [-0.3, -0.25) is 0 Å². The molecule has 1 aliphatic rings. The lowest BCUT2D eigenvalue weighted by Gasteiger charge is -2.16. The highest BCUT2D eigenvalue weighted by atomic mass is 79.9. The molecule has 2 aromatic carbocycles. The minimum absolute atomic E-state index is 0.427. The van der Waals surface area contributed by atoms with Crippen LogP contribution in [-0.2, 0) is 19.3 Å². The Kier molecular flexibility index (Phi) is 4.87. The summed E-state index contributed by atoms with van der Waals surface area (Å²) >= 11 is 9.81. The van der Waals surface area contributed by atoms with E-state index in [1.807, 2.05) is 6.07 Å². The minimum atomic E-state index is 0.427. The van der Waals surface area contributed by atoms with Crippen molar-refractivity contribution in [1.29, 1.82) is 0 Å². The number of rotatable bonds is 5. The zero-order valence-electron chi connectivity index (χ0n) is 11.8. The zero-order valence-corrected chi connectivity index (χ0v) is 14.2. The average Bonchev–Trinajstić information content (AvgIpc) is 2.96. The van der Waals surface area contributed by atoms with Gasteiger partial charge >= 0.3 is 0 Å². The molecule has 21 heavy (non-hydrogen) atoms. The molecule has 0 bridgehead atoms. The van der Waals surface area contributed by atoms with Crippen molar-refractivity contribution in [2.24, 2.45) is 5.92 Å². The number of halogens is 2. The van der Waals surface area contributed by atoms with E-state index in [-0.39, 0.29) is 0 Å². The normalized spacial score (nSPS) is 14.6. The van der Waals surface area contributed by atoms with E-state index in [1.165, 1.54) is 16.7 Å². The summed E-state index contributed by atoms with van der Waals surface area (Å²) in [5, 5.41) is 0. The van der Waals surface area contributed by atoms with E-state index in [4.69, 9.17) is 16.3 Å². The van der Waals surface area contributed by atoms with Crippen LogP contribution in [-0.4, -0.2) is 12.5 Å².